The van der Waals surface area contributed by atoms with Crippen LogP contribution in [0.4, 0.5) is 5.69 Å². The van der Waals surface area contributed by atoms with Gasteiger partial charge in [0.2, 0.25) is 11.8 Å². The number of amides is 2. The van der Waals surface area contributed by atoms with Gasteiger partial charge in [-0.3, -0.25) is 14.4 Å². The summed E-state index contributed by atoms with van der Waals surface area (Å²) in [4.78, 5) is 36.0. The molecule has 3 aromatic carbocycles. The van der Waals surface area contributed by atoms with Crippen molar-refractivity contribution in [1.29, 1.82) is 0 Å². The molecule has 3 rings (SSSR count). The third-order valence-electron chi connectivity index (χ3n) is 4.74. The van der Waals surface area contributed by atoms with Crippen molar-refractivity contribution in [3.63, 3.8) is 0 Å². The highest BCUT2D eigenvalue weighted by Gasteiger charge is 2.09. The van der Waals surface area contributed by atoms with Gasteiger partial charge in [0.05, 0.1) is 0 Å². The van der Waals surface area contributed by atoms with Crippen molar-refractivity contribution in [2.75, 3.05) is 11.9 Å². The molecule has 0 aliphatic heterocycles. The summed E-state index contributed by atoms with van der Waals surface area (Å²) in [6, 6.07) is 25.9. The van der Waals surface area contributed by atoms with E-state index in [2.05, 4.69) is 10.6 Å². The first-order chi connectivity index (χ1) is 15.6. The van der Waals surface area contributed by atoms with Gasteiger partial charge in [-0.05, 0) is 29.8 Å². The summed E-state index contributed by atoms with van der Waals surface area (Å²) >= 11 is 0. The molecule has 0 spiro atoms. The Morgan fingerprint density at radius 3 is 2.03 bits per heavy atom. The molecule has 0 saturated heterocycles. The molecule has 0 atom stereocenters. The van der Waals surface area contributed by atoms with E-state index in [1.165, 1.54) is 0 Å². The number of Topliss-reactive ketones (excluding diaryl/α,β-unsaturated/α-hetero) is 1. The fourth-order valence-electron chi connectivity index (χ4n) is 3.00. The molecule has 0 bridgehead atoms. The lowest BCUT2D eigenvalue weighted by Gasteiger charge is -2.09. The molecule has 0 unspecified atom stereocenters. The van der Waals surface area contributed by atoms with E-state index in [-0.39, 0.29) is 43.4 Å². The van der Waals surface area contributed by atoms with Crippen LogP contribution in [-0.4, -0.2) is 24.1 Å². The molecule has 32 heavy (non-hydrogen) atoms. The third-order valence-corrected chi connectivity index (χ3v) is 4.74. The zero-order chi connectivity index (χ0) is 22.6. The lowest BCUT2D eigenvalue weighted by Crippen LogP contribution is -2.27. The number of rotatable bonds is 11. The first kappa shape index (κ1) is 22.7. The quantitative estimate of drug-likeness (QED) is 0.442. The normalized spacial score (nSPS) is 10.2. The standard InChI is InChI=1S/C26H26N2O4/c29-24(21-9-5-2-6-10-21)15-16-25(30)27-18-17-26(31)28-22-11-13-23(14-12-22)32-19-20-7-3-1-4-8-20/h1-14H,15-19H2,(H,27,30)(H,28,31). The largest absolute Gasteiger partial charge is 0.489 e. The van der Waals surface area contributed by atoms with E-state index >= 15 is 0 Å². The van der Waals surface area contributed by atoms with Crippen LogP contribution in [0.1, 0.15) is 35.2 Å². The van der Waals surface area contributed by atoms with Crippen molar-refractivity contribution in [1.82, 2.24) is 5.32 Å². The minimum atomic E-state index is -0.248. The molecule has 0 fully saturated rings. The van der Waals surface area contributed by atoms with Gasteiger partial charge in [-0.1, -0.05) is 60.7 Å². The highest BCUT2D eigenvalue weighted by atomic mass is 16.5. The summed E-state index contributed by atoms with van der Waals surface area (Å²) < 4.78 is 5.73. The summed E-state index contributed by atoms with van der Waals surface area (Å²) in [7, 11) is 0. The van der Waals surface area contributed by atoms with Gasteiger partial charge in [-0.2, -0.15) is 0 Å². The summed E-state index contributed by atoms with van der Waals surface area (Å²) in [5, 5.41) is 5.46. The first-order valence-corrected chi connectivity index (χ1v) is 10.5. The Balaban J connectivity index is 1.32. The van der Waals surface area contributed by atoms with Gasteiger partial charge in [0.25, 0.3) is 0 Å². The number of benzene rings is 3. The van der Waals surface area contributed by atoms with Crippen LogP contribution in [0.5, 0.6) is 5.75 Å². The predicted molar refractivity (Wildman–Crippen MR) is 123 cm³/mol. The van der Waals surface area contributed by atoms with Crippen LogP contribution in [0.15, 0.2) is 84.9 Å². The van der Waals surface area contributed by atoms with Crippen molar-refractivity contribution in [2.24, 2.45) is 0 Å². The second kappa shape index (κ2) is 12.1. The average Bonchev–Trinajstić information content (AvgIpc) is 2.83. The molecule has 6 heteroatoms. The van der Waals surface area contributed by atoms with E-state index < -0.39 is 0 Å². The highest BCUT2D eigenvalue weighted by Crippen LogP contribution is 2.17. The summed E-state index contributed by atoms with van der Waals surface area (Å²) in [6.07, 6.45) is 0.380. The molecule has 0 heterocycles. The maximum atomic E-state index is 12.1. The Morgan fingerprint density at radius 2 is 1.34 bits per heavy atom. The van der Waals surface area contributed by atoms with Crippen molar-refractivity contribution in [2.45, 2.75) is 25.9 Å². The second-order valence-electron chi connectivity index (χ2n) is 7.24. The minimum Gasteiger partial charge on any atom is -0.489 e. The Labute approximate surface area is 187 Å². The zero-order valence-corrected chi connectivity index (χ0v) is 17.8. The van der Waals surface area contributed by atoms with Crippen LogP contribution >= 0.6 is 0 Å². The number of ketones is 1. The lowest BCUT2D eigenvalue weighted by atomic mass is 10.1. The maximum absolute atomic E-state index is 12.1. The molecule has 3 aromatic rings. The molecule has 0 aromatic heterocycles. The fourth-order valence-corrected chi connectivity index (χ4v) is 3.00. The van der Waals surface area contributed by atoms with Gasteiger partial charge in [0.15, 0.2) is 5.78 Å². The number of ether oxygens (including phenoxy) is 1. The van der Waals surface area contributed by atoms with Crippen molar-refractivity contribution in [3.05, 3.63) is 96.1 Å². The molecular weight excluding hydrogens is 404 g/mol. The van der Waals surface area contributed by atoms with E-state index in [1.807, 2.05) is 36.4 Å². The molecule has 2 N–H and O–H groups in total. The molecular formula is C26H26N2O4. The van der Waals surface area contributed by atoms with Crippen LogP contribution in [0.3, 0.4) is 0 Å². The van der Waals surface area contributed by atoms with E-state index in [1.54, 1.807) is 48.5 Å². The molecule has 0 saturated carbocycles. The maximum Gasteiger partial charge on any atom is 0.226 e. The average molecular weight is 431 g/mol. The van der Waals surface area contributed by atoms with E-state index in [0.29, 0.717) is 23.6 Å². The van der Waals surface area contributed by atoms with Crippen molar-refractivity contribution >= 4 is 23.3 Å². The van der Waals surface area contributed by atoms with Crippen molar-refractivity contribution in [3.8, 4) is 5.75 Å². The van der Waals surface area contributed by atoms with E-state index in [0.717, 1.165) is 5.56 Å². The Bertz CT molecular complexity index is 1020. The number of carbonyl (C=O) groups excluding carboxylic acids is 3. The Hall–Kier alpha value is -3.93. The monoisotopic (exact) mass is 430 g/mol. The van der Waals surface area contributed by atoms with Gasteiger partial charge in [-0.25, -0.2) is 0 Å². The van der Waals surface area contributed by atoms with Gasteiger partial charge in [0, 0.05) is 37.1 Å². The molecule has 6 nitrogen and oxygen atoms in total. The summed E-state index contributed by atoms with van der Waals surface area (Å²) in [5.41, 5.74) is 2.33. The number of carbonyl (C=O) groups is 3. The fraction of sp³-hybridized carbons (Fsp3) is 0.192. The number of nitrogens with one attached hydrogen (secondary N) is 2. The molecule has 164 valence electrons. The van der Waals surface area contributed by atoms with Gasteiger partial charge >= 0.3 is 0 Å². The van der Waals surface area contributed by atoms with Crippen LogP contribution < -0.4 is 15.4 Å². The van der Waals surface area contributed by atoms with E-state index in [9.17, 15) is 14.4 Å². The number of hydrogen-bond acceptors (Lipinski definition) is 4. The molecule has 2 amide bonds. The highest BCUT2D eigenvalue weighted by molar-refractivity contribution is 5.98. The van der Waals surface area contributed by atoms with Gasteiger partial charge in [0.1, 0.15) is 12.4 Å². The zero-order valence-electron chi connectivity index (χ0n) is 17.8. The Morgan fingerprint density at radius 1 is 0.688 bits per heavy atom. The Kier molecular flexibility index (Phi) is 8.57. The van der Waals surface area contributed by atoms with Crippen LogP contribution in [-0.2, 0) is 16.2 Å². The van der Waals surface area contributed by atoms with Crippen molar-refractivity contribution < 1.29 is 19.1 Å². The van der Waals surface area contributed by atoms with Crippen LogP contribution in [0.25, 0.3) is 0 Å². The SMILES string of the molecule is O=C(CCC(=O)c1ccccc1)NCCC(=O)Nc1ccc(OCc2ccccc2)cc1. The third kappa shape index (κ3) is 7.72. The lowest BCUT2D eigenvalue weighted by molar-refractivity contribution is -0.121. The smallest absolute Gasteiger partial charge is 0.226 e. The summed E-state index contributed by atoms with van der Waals surface area (Å²) in [5.74, 6) is 0.185. The minimum absolute atomic E-state index is 0.0744. The molecule has 0 aliphatic rings. The van der Waals surface area contributed by atoms with Crippen LogP contribution in [0, 0.1) is 0 Å². The second-order valence-corrected chi connectivity index (χ2v) is 7.24. The first-order valence-electron chi connectivity index (χ1n) is 10.5. The number of anilines is 1. The van der Waals surface area contributed by atoms with Gasteiger partial charge < -0.3 is 15.4 Å². The van der Waals surface area contributed by atoms with Gasteiger partial charge in [-0.15, -0.1) is 0 Å². The molecule has 0 radical (unpaired) electrons. The van der Waals surface area contributed by atoms with E-state index in [4.69, 9.17) is 4.74 Å². The topological polar surface area (TPSA) is 84.5 Å². The number of hydrogen-bond donors (Lipinski definition) is 2. The van der Waals surface area contributed by atoms with Crippen LogP contribution in [0.2, 0.25) is 0 Å². The predicted octanol–water partition coefficient (Wildman–Crippen LogP) is 4.37. The summed E-state index contributed by atoms with van der Waals surface area (Å²) in [6.45, 7) is 0.686. The molecule has 0 aliphatic carbocycles.